The number of hydrogen-bond acceptors (Lipinski definition) is 6. The van der Waals surface area contributed by atoms with Crippen LogP contribution >= 0.6 is 0 Å². The van der Waals surface area contributed by atoms with Gasteiger partial charge in [0.1, 0.15) is 0 Å². The Hall–Kier alpha value is -2.12. The topological polar surface area (TPSA) is 127 Å². The second-order valence-corrected chi connectivity index (χ2v) is 8.89. The molecule has 0 aliphatic carbocycles. The summed E-state index contributed by atoms with van der Waals surface area (Å²) in [7, 11) is 0. The van der Waals surface area contributed by atoms with E-state index in [9.17, 15) is 19.2 Å². The molecule has 0 aliphatic rings. The van der Waals surface area contributed by atoms with E-state index in [0.717, 1.165) is 103 Å². The Labute approximate surface area is 204 Å². The van der Waals surface area contributed by atoms with E-state index in [4.69, 9.17) is 19.7 Å². The molecule has 0 aromatic carbocycles. The summed E-state index contributed by atoms with van der Waals surface area (Å²) in [5.74, 6) is -1.79. The Balaban J connectivity index is 3.29. The maximum atomic E-state index is 11.7. The van der Waals surface area contributed by atoms with Crippen molar-refractivity contribution in [3.05, 3.63) is 0 Å². The second kappa shape index (κ2) is 24.0. The molecule has 0 aromatic rings. The molecular weight excluding hydrogens is 440 g/mol. The third-order valence-corrected chi connectivity index (χ3v) is 5.61. The zero-order chi connectivity index (χ0) is 25.3. The minimum atomic E-state index is -0.742. The number of carboxylic acids is 2. The first kappa shape index (κ1) is 31.9. The van der Waals surface area contributed by atoms with Crippen LogP contribution in [0.5, 0.6) is 0 Å². The van der Waals surface area contributed by atoms with E-state index in [2.05, 4.69) is 0 Å². The monoisotopic (exact) mass is 486 g/mol. The Morgan fingerprint density at radius 1 is 0.382 bits per heavy atom. The molecule has 0 saturated carbocycles. The number of hydrogen-bond donors (Lipinski definition) is 2. The van der Waals surface area contributed by atoms with Crippen molar-refractivity contribution in [2.75, 3.05) is 13.2 Å². The van der Waals surface area contributed by atoms with Crippen molar-refractivity contribution in [1.82, 2.24) is 0 Å². The van der Waals surface area contributed by atoms with Gasteiger partial charge in [0, 0.05) is 25.7 Å². The lowest BCUT2D eigenvalue weighted by Gasteiger charge is -2.06. The van der Waals surface area contributed by atoms with E-state index in [0.29, 0.717) is 26.1 Å². The Kier molecular flexibility index (Phi) is 22.5. The van der Waals surface area contributed by atoms with E-state index in [1.165, 1.54) is 0 Å². The number of esters is 2. The minimum Gasteiger partial charge on any atom is -0.481 e. The van der Waals surface area contributed by atoms with Crippen LogP contribution in [-0.4, -0.2) is 47.3 Å². The highest BCUT2D eigenvalue weighted by Gasteiger charge is 2.05. The number of carbonyl (C=O) groups excluding carboxylic acids is 2. The molecule has 198 valence electrons. The molecule has 0 saturated heterocycles. The number of aliphatic carboxylic acids is 2. The van der Waals surface area contributed by atoms with E-state index in [1.54, 1.807) is 0 Å². The maximum Gasteiger partial charge on any atom is 0.305 e. The first-order chi connectivity index (χ1) is 16.4. The van der Waals surface area contributed by atoms with Gasteiger partial charge in [-0.05, 0) is 51.4 Å². The van der Waals surface area contributed by atoms with Crippen LogP contribution in [0.25, 0.3) is 0 Å². The summed E-state index contributed by atoms with van der Waals surface area (Å²) in [6.07, 6.45) is 15.8. The fourth-order valence-corrected chi connectivity index (χ4v) is 3.58. The molecule has 2 N–H and O–H groups in total. The molecule has 34 heavy (non-hydrogen) atoms. The van der Waals surface area contributed by atoms with Crippen molar-refractivity contribution in [1.29, 1.82) is 0 Å². The number of unbranched alkanes of at least 4 members (excludes halogenated alkanes) is 13. The van der Waals surface area contributed by atoms with Crippen LogP contribution in [0.4, 0.5) is 0 Å². The standard InChI is InChI=1S/C26H46O8/c27-23(28)17-11-5-1-3-7-13-19-25(31)33-21-15-9-10-16-22-34-26(32)20-14-8-4-2-6-12-18-24(29)30/h1-22H2,(H,27,28)(H,29,30). The largest absolute Gasteiger partial charge is 0.481 e. The predicted molar refractivity (Wildman–Crippen MR) is 130 cm³/mol. The lowest BCUT2D eigenvalue weighted by Crippen LogP contribution is -2.07. The number of rotatable bonds is 25. The van der Waals surface area contributed by atoms with E-state index < -0.39 is 11.9 Å². The Morgan fingerprint density at radius 2 is 0.647 bits per heavy atom. The number of carbonyl (C=O) groups is 4. The normalized spacial score (nSPS) is 10.7. The molecular formula is C26H46O8. The van der Waals surface area contributed by atoms with Gasteiger partial charge in [-0.1, -0.05) is 51.4 Å². The molecule has 0 spiro atoms. The van der Waals surface area contributed by atoms with Gasteiger partial charge in [-0.3, -0.25) is 19.2 Å². The van der Waals surface area contributed by atoms with Gasteiger partial charge < -0.3 is 19.7 Å². The zero-order valence-electron chi connectivity index (χ0n) is 20.9. The van der Waals surface area contributed by atoms with E-state index in [1.807, 2.05) is 0 Å². The average Bonchev–Trinajstić information content (AvgIpc) is 2.78. The molecule has 0 aliphatic heterocycles. The van der Waals surface area contributed by atoms with Gasteiger partial charge in [0.15, 0.2) is 0 Å². The van der Waals surface area contributed by atoms with Crippen molar-refractivity contribution in [2.45, 2.75) is 128 Å². The summed E-state index contributed by atoms with van der Waals surface area (Å²) in [6, 6.07) is 0. The lowest BCUT2D eigenvalue weighted by atomic mass is 10.1. The van der Waals surface area contributed by atoms with Crippen LogP contribution in [0, 0.1) is 0 Å². The van der Waals surface area contributed by atoms with Crippen molar-refractivity contribution >= 4 is 23.9 Å². The van der Waals surface area contributed by atoms with Gasteiger partial charge in [0.25, 0.3) is 0 Å². The van der Waals surface area contributed by atoms with Gasteiger partial charge in [0.2, 0.25) is 0 Å². The predicted octanol–water partition coefficient (Wildman–Crippen LogP) is 6.04. The van der Waals surface area contributed by atoms with E-state index in [-0.39, 0.29) is 24.8 Å². The van der Waals surface area contributed by atoms with Gasteiger partial charge in [0.05, 0.1) is 13.2 Å². The quantitative estimate of drug-likeness (QED) is 0.118. The summed E-state index contributed by atoms with van der Waals surface area (Å²) in [4.78, 5) is 44.2. The van der Waals surface area contributed by atoms with Gasteiger partial charge >= 0.3 is 23.9 Å². The molecule has 8 heteroatoms. The summed E-state index contributed by atoms with van der Waals surface area (Å²) < 4.78 is 10.5. The van der Waals surface area contributed by atoms with Gasteiger partial charge in [-0.15, -0.1) is 0 Å². The summed E-state index contributed by atoms with van der Waals surface area (Å²) in [5.41, 5.74) is 0. The van der Waals surface area contributed by atoms with Crippen molar-refractivity contribution in [3.8, 4) is 0 Å². The first-order valence-electron chi connectivity index (χ1n) is 13.2. The molecule has 0 amide bonds. The zero-order valence-corrected chi connectivity index (χ0v) is 20.9. The van der Waals surface area contributed by atoms with Crippen LogP contribution in [0.2, 0.25) is 0 Å². The van der Waals surface area contributed by atoms with Gasteiger partial charge in [-0.25, -0.2) is 0 Å². The SMILES string of the molecule is O=C(O)CCCCCCCCC(=O)OCCCCCCOC(=O)CCCCCCCCC(=O)O. The van der Waals surface area contributed by atoms with Crippen molar-refractivity contribution < 1.29 is 38.9 Å². The smallest absolute Gasteiger partial charge is 0.305 e. The maximum absolute atomic E-state index is 11.7. The minimum absolute atomic E-state index is 0.153. The third-order valence-electron chi connectivity index (χ3n) is 5.61. The first-order valence-corrected chi connectivity index (χ1v) is 13.2. The highest BCUT2D eigenvalue weighted by Crippen LogP contribution is 2.11. The lowest BCUT2D eigenvalue weighted by molar-refractivity contribution is -0.145. The fraction of sp³-hybridized carbons (Fsp3) is 0.846. The Bertz CT molecular complexity index is 499. The van der Waals surface area contributed by atoms with Crippen LogP contribution in [-0.2, 0) is 28.7 Å². The molecule has 0 fully saturated rings. The molecule has 0 aromatic heterocycles. The summed E-state index contributed by atoms with van der Waals surface area (Å²) in [5, 5.41) is 17.1. The molecule has 0 rings (SSSR count). The number of ether oxygens (including phenoxy) is 2. The molecule has 8 nitrogen and oxygen atoms in total. The highest BCUT2D eigenvalue weighted by molar-refractivity contribution is 5.69. The summed E-state index contributed by atoms with van der Waals surface area (Å²) >= 11 is 0. The van der Waals surface area contributed by atoms with Gasteiger partial charge in [-0.2, -0.15) is 0 Å². The van der Waals surface area contributed by atoms with Crippen LogP contribution in [0.1, 0.15) is 128 Å². The van der Waals surface area contributed by atoms with Crippen LogP contribution in [0.15, 0.2) is 0 Å². The average molecular weight is 487 g/mol. The van der Waals surface area contributed by atoms with Crippen LogP contribution < -0.4 is 0 Å². The highest BCUT2D eigenvalue weighted by atomic mass is 16.5. The molecule has 0 atom stereocenters. The van der Waals surface area contributed by atoms with Crippen molar-refractivity contribution in [2.24, 2.45) is 0 Å². The van der Waals surface area contributed by atoms with E-state index >= 15 is 0 Å². The summed E-state index contributed by atoms with van der Waals surface area (Å²) in [6.45, 7) is 0.869. The molecule has 0 radical (unpaired) electrons. The molecule has 0 unspecified atom stereocenters. The number of carboxylic acid groups (broad SMARTS) is 2. The third kappa shape index (κ3) is 26.1. The van der Waals surface area contributed by atoms with Crippen molar-refractivity contribution in [3.63, 3.8) is 0 Å². The Morgan fingerprint density at radius 3 is 0.971 bits per heavy atom. The molecule has 0 heterocycles. The van der Waals surface area contributed by atoms with Crippen LogP contribution in [0.3, 0.4) is 0 Å². The molecule has 0 bridgehead atoms. The second-order valence-electron chi connectivity index (χ2n) is 8.89. The fourth-order valence-electron chi connectivity index (χ4n) is 3.58.